The lowest BCUT2D eigenvalue weighted by molar-refractivity contribution is -0.128. The normalized spacial score (nSPS) is 17.3. The Morgan fingerprint density at radius 1 is 1.03 bits per heavy atom. The predicted octanol–water partition coefficient (Wildman–Crippen LogP) is 2.97. The minimum Gasteiger partial charge on any atom is -0.497 e. The summed E-state index contributed by atoms with van der Waals surface area (Å²) in [6.45, 7) is 0.0835. The first-order valence-electron chi connectivity index (χ1n) is 11.3. The number of amides is 2. The van der Waals surface area contributed by atoms with Crippen LogP contribution in [0.2, 0.25) is 0 Å². The summed E-state index contributed by atoms with van der Waals surface area (Å²) in [5.41, 5.74) is 2.50. The van der Waals surface area contributed by atoms with Crippen LogP contribution in [-0.4, -0.2) is 42.6 Å². The molecular weight excluding hydrogens is 448 g/mol. The van der Waals surface area contributed by atoms with Gasteiger partial charge in [0.2, 0.25) is 12.2 Å². The summed E-state index contributed by atoms with van der Waals surface area (Å²) >= 11 is 0. The van der Waals surface area contributed by atoms with E-state index in [9.17, 15) is 14.7 Å². The highest BCUT2D eigenvalue weighted by atomic mass is 16.6. The molecule has 0 spiro atoms. The lowest BCUT2D eigenvalue weighted by atomic mass is 10.00. The summed E-state index contributed by atoms with van der Waals surface area (Å²) in [4.78, 5) is 25.7. The lowest BCUT2D eigenvalue weighted by Crippen LogP contribution is -2.56. The number of benzene rings is 3. The molecule has 0 saturated carbocycles. The van der Waals surface area contributed by atoms with E-state index >= 15 is 0 Å². The van der Waals surface area contributed by atoms with Gasteiger partial charge in [0.05, 0.1) is 13.2 Å². The van der Waals surface area contributed by atoms with Crippen LogP contribution in [0.15, 0.2) is 78.9 Å². The van der Waals surface area contributed by atoms with Gasteiger partial charge in [0.15, 0.2) is 0 Å². The molecule has 0 aromatic heterocycles. The molecule has 0 saturated heterocycles. The van der Waals surface area contributed by atoms with Gasteiger partial charge in [-0.15, -0.1) is 0 Å². The van der Waals surface area contributed by atoms with Gasteiger partial charge in [0.25, 0.3) is 0 Å². The van der Waals surface area contributed by atoms with Gasteiger partial charge in [-0.3, -0.25) is 4.79 Å². The maximum absolute atomic E-state index is 13.2. The third kappa shape index (κ3) is 6.51. The van der Waals surface area contributed by atoms with Crippen LogP contribution in [0.5, 0.6) is 11.5 Å². The summed E-state index contributed by atoms with van der Waals surface area (Å²) < 4.78 is 16.2. The Hall–Kier alpha value is -4.04. The zero-order chi connectivity index (χ0) is 24.6. The van der Waals surface area contributed by atoms with Gasteiger partial charge in [-0.25, -0.2) is 4.79 Å². The minimum absolute atomic E-state index is 0.0835. The highest BCUT2D eigenvalue weighted by Gasteiger charge is 2.32. The Balaban J connectivity index is 1.43. The Morgan fingerprint density at radius 2 is 1.71 bits per heavy atom. The van der Waals surface area contributed by atoms with Gasteiger partial charge >= 0.3 is 6.09 Å². The van der Waals surface area contributed by atoms with E-state index in [-0.39, 0.29) is 13.0 Å². The number of nitrogens with one attached hydrogen (secondary N) is 2. The van der Waals surface area contributed by atoms with Crippen LogP contribution in [-0.2, 0) is 29.0 Å². The van der Waals surface area contributed by atoms with Crippen LogP contribution in [0, 0.1) is 0 Å². The number of carbonyl (C=O) groups is 2. The molecule has 3 N–H and O–H groups in total. The predicted molar refractivity (Wildman–Crippen MR) is 129 cm³/mol. The summed E-state index contributed by atoms with van der Waals surface area (Å²) in [6, 6.07) is 22.3. The quantitative estimate of drug-likeness (QED) is 0.462. The van der Waals surface area contributed by atoms with E-state index in [4.69, 9.17) is 14.2 Å². The fraction of sp³-hybridized carbons (Fsp3) is 0.259. The number of fused-ring (bicyclic) bond motifs is 1. The summed E-state index contributed by atoms with van der Waals surface area (Å²) in [5.74, 6) is 0.732. The van der Waals surface area contributed by atoms with Crippen molar-refractivity contribution in [3.8, 4) is 11.5 Å². The van der Waals surface area contributed by atoms with Crippen LogP contribution in [0.1, 0.15) is 16.7 Å². The zero-order valence-electron chi connectivity index (χ0n) is 19.3. The first-order chi connectivity index (χ1) is 17.0. The number of aliphatic hydroxyl groups excluding tert-OH is 1. The van der Waals surface area contributed by atoms with E-state index in [2.05, 4.69) is 10.6 Å². The Kier molecular flexibility index (Phi) is 7.84. The van der Waals surface area contributed by atoms with Crippen LogP contribution < -0.4 is 20.1 Å². The molecule has 182 valence electrons. The van der Waals surface area contributed by atoms with Gasteiger partial charge in [-0.2, -0.15) is 0 Å². The van der Waals surface area contributed by atoms with Crippen LogP contribution >= 0.6 is 0 Å². The summed E-state index contributed by atoms with van der Waals surface area (Å²) in [7, 11) is 1.57. The molecule has 1 aliphatic heterocycles. The fourth-order valence-electron chi connectivity index (χ4n) is 3.88. The molecule has 3 atom stereocenters. The smallest absolute Gasteiger partial charge is 0.408 e. The third-order valence-electron chi connectivity index (χ3n) is 5.73. The molecule has 0 radical (unpaired) electrons. The van der Waals surface area contributed by atoms with Crippen LogP contribution in [0.3, 0.4) is 0 Å². The van der Waals surface area contributed by atoms with Crippen molar-refractivity contribution in [2.75, 3.05) is 7.11 Å². The molecule has 8 nitrogen and oxygen atoms in total. The van der Waals surface area contributed by atoms with Gasteiger partial charge in [-0.05, 0) is 29.3 Å². The van der Waals surface area contributed by atoms with E-state index in [0.29, 0.717) is 17.9 Å². The molecule has 4 rings (SSSR count). The average Bonchev–Trinajstić information content (AvgIpc) is 2.88. The maximum Gasteiger partial charge on any atom is 0.408 e. The molecule has 0 aliphatic carbocycles. The highest BCUT2D eigenvalue weighted by molar-refractivity contribution is 5.86. The van der Waals surface area contributed by atoms with E-state index in [1.54, 1.807) is 25.3 Å². The topological polar surface area (TPSA) is 106 Å². The first-order valence-corrected chi connectivity index (χ1v) is 11.3. The van der Waals surface area contributed by atoms with Crippen molar-refractivity contribution in [1.82, 2.24) is 10.6 Å². The van der Waals surface area contributed by atoms with Crippen molar-refractivity contribution >= 4 is 12.0 Å². The second-order valence-electron chi connectivity index (χ2n) is 8.25. The molecular formula is C27H28N2O6. The number of rotatable bonds is 8. The number of hydrogen-bond donors (Lipinski definition) is 3. The minimum atomic E-state index is -1.23. The molecule has 2 unspecified atom stereocenters. The average molecular weight is 477 g/mol. The molecule has 3 aromatic rings. The molecule has 0 bridgehead atoms. The fourth-order valence-corrected chi connectivity index (χ4v) is 3.88. The maximum atomic E-state index is 13.2. The summed E-state index contributed by atoms with van der Waals surface area (Å²) in [6.07, 6.45) is -1.35. The summed E-state index contributed by atoms with van der Waals surface area (Å²) in [5, 5.41) is 16.0. The second-order valence-corrected chi connectivity index (χ2v) is 8.25. The third-order valence-corrected chi connectivity index (χ3v) is 5.73. The van der Waals surface area contributed by atoms with Crippen molar-refractivity contribution in [2.24, 2.45) is 0 Å². The molecule has 1 aliphatic rings. The van der Waals surface area contributed by atoms with Crippen LogP contribution in [0.4, 0.5) is 4.79 Å². The molecule has 3 aromatic carbocycles. The van der Waals surface area contributed by atoms with Gasteiger partial charge in [-0.1, -0.05) is 60.7 Å². The van der Waals surface area contributed by atoms with Gasteiger partial charge in [0, 0.05) is 18.4 Å². The first kappa shape index (κ1) is 24.1. The number of alkyl carbamates (subject to hydrolysis) is 1. The molecule has 0 fully saturated rings. The number of carbonyl (C=O) groups excluding carboxylic acids is 2. The van der Waals surface area contributed by atoms with Crippen molar-refractivity contribution < 1.29 is 28.9 Å². The van der Waals surface area contributed by atoms with E-state index in [1.807, 2.05) is 60.7 Å². The largest absolute Gasteiger partial charge is 0.497 e. The monoisotopic (exact) mass is 476 g/mol. The number of aliphatic hydroxyl groups is 1. The Bertz CT molecular complexity index is 1140. The van der Waals surface area contributed by atoms with Crippen molar-refractivity contribution in [3.05, 3.63) is 95.6 Å². The molecule has 8 heteroatoms. The SMILES string of the molecule is COc1ccc2c(c1)CC(NC(=O)[C@H](Cc1ccccc1)NC(=O)OCc1ccccc1)C(O)O2. The number of hydrogen-bond acceptors (Lipinski definition) is 6. The van der Waals surface area contributed by atoms with Gasteiger partial charge in [0.1, 0.15) is 24.1 Å². The van der Waals surface area contributed by atoms with Crippen molar-refractivity contribution in [2.45, 2.75) is 37.8 Å². The second kappa shape index (κ2) is 11.4. The van der Waals surface area contributed by atoms with Crippen LogP contribution in [0.25, 0.3) is 0 Å². The van der Waals surface area contributed by atoms with E-state index < -0.39 is 30.4 Å². The molecule has 35 heavy (non-hydrogen) atoms. The number of ether oxygens (including phenoxy) is 3. The molecule has 1 heterocycles. The standard InChI is InChI=1S/C27H28N2O6/c1-33-21-12-13-24-20(15-21)16-23(26(31)35-24)28-25(30)22(14-18-8-4-2-5-9-18)29-27(32)34-17-19-10-6-3-7-11-19/h2-13,15,22-23,26,31H,14,16-17H2,1H3,(H,28,30)(H,29,32)/t22-,23?,26?/m0/s1. The number of methoxy groups -OCH3 is 1. The van der Waals surface area contributed by atoms with Crippen molar-refractivity contribution in [1.29, 1.82) is 0 Å². The highest BCUT2D eigenvalue weighted by Crippen LogP contribution is 2.30. The van der Waals surface area contributed by atoms with E-state index in [1.165, 1.54) is 0 Å². The van der Waals surface area contributed by atoms with E-state index in [0.717, 1.165) is 16.7 Å². The lowest BCUT2D eigenvalue weighted by Gasteiger charge is -2.32. The molecule has 2 amide bonds. The van der Waals surface area contributed by atoms with Gasteiger partial charge < -0.3 is 30.0 Å². The Labute approximate surface area is 203 Å². The Morgan fingerprint density at radius 3 is 2.40 bits per heavy atom. The van der Waals surface area contributed by atoms with Crippen molar-refractivity contribution in [3.63, 3.8) is 0 Å². The zero-order valence-corrected chi connectivity index (χ0v) is 19.3.